The van der Waals surface area contributed by atoms with Crippen molar-refractivity contribution in [1.29, 1.82) is 0 Å². The molecule has 0 radical (unpaired) electrons. The Hall–Kier alpha value is -2.37. The Labute approximate surface area is 152 Å². The maximum absolute atomic E-state index is 12.9. The average Bonchev–Trinajstić information content (AvgIpc) is 3.01. The Bertz CT molecular complexity index is 815. The first-order valence-electron chi connectivity index (χ1n) is 9.61. The van der Waals surface area contributed by atoms with Crippen LogP contribution in [-0.4, -0.2) is 34.0 Å². The molecule has 138 valence electrons. The molecule has 26 heavy (non-hydrogen) atoms. The first-order chi connectivity index (χ1) is 12.7. The van der Waals surface area contributed by atoms with Gasteiger partial charge in [0, 0.05) is 24.2 Å². The molecule has 0 atom stereocenters. The van der Waals surface area contributed by atoms with E-state index in [4.69, 9.17) is 0 Å². The molecule has 1 aliphatic carbocycles. The lowest BCUT2D eigenvalue weighted by atomic mass is 9.69. The van der Waals surface area contributed by atoms with Gasteiger partial charge >= 0.3 is 5.76 Å². The third kappa shape index (κ3) is 3.45. The zero-order valence-electron chi connectivity index (χ0n) is 15.0. The van der Waals surface area contributed by atoms with Gasteiger partial charge in [-0.2, -0.15) is 0 Å². The molecule has 2 aliphatic rings. The monoisotopic (exact) mass is 355 g/mol. The number of carbonyl (C=O) groups is 1. The molecule has 1 saturated heterocycles. The van der Waals surface area contributed by atoms with E-state index in [0.717, 1.165) is 31.5 Å². The fourth-order valence-electron chi connectivity index (χ4n) is 4.57. The minimum atomic E-state index is -0.582. The first kappa shape index (κ1) is 17.1. The predicted molar refractivity (Wildman–Crippen MR) is 97.8 cm³/mol. The molecule has 4 rings (SSSR count). The summed E-state index contributed by atoms with van der Waals surface area (Å²) in [6.07, 6.45) is 10.2. The maximum Gasteiger partial charge on any atom is 0.439 e. The third-order valence-electron chi connectivity index (χ3n) is 6.09. The molecule has 1 N–H and O–H groups in total. The van der Waals surface area contributed by atoms with E-state index >= 15 is 0 Å². The van der Waals surface area contributed by atoms with Gasteiger partial charge < -0.3 is 4.90 Å². The number of carbonyl (C=O) groups excluding carboxylic acids is 1. The summed E-state index contributed by atoms with van der Waals surface area (Å²) in [4.78, 5) is 28.5. The van der Waals surface area contributed by atoms with E-state index in [-0.39, 0.29) is 5.91 Å². The molecule has 1 amide bonds. The lowest BCUT2D eigenvalue weighted by molar-refractivity contribution is 0.0749. The minimum absolute atomic E-state index is 0.0954. The highest BCUT2D eigenvalue weighted by Crippen LogP contribution is 2.44. The molecule has 1 saturated carbocycles. The van der Waals surface area contributed by atoms with Crippen LogP contribution in [0.1, 0.15) is 61.7 Å². The van der Waals surface area contributed by atoms with Crippen molar-refractivity contribution < 1.29 is 9.32 Å². The van der Waals surface area contributed by atoms with Gasteiger partial charge in [0.2, 0.25) is 0 Å². The van der Waals surface area contributed by atoms with Crippen LogP contribution in [0.3, 0.4) is 0 Å². The van der Waals surface area contributed by atoms with Gasteiger partial charge in [-0.25, -0.2) is 4.79 Å². The normalized spacial score (nSPS) is 20.1. The molecule has 2 heterocycles. The number of likely N-dealkylation sites (tertiary alicyclic amines) is 1. The largest absolute Gasteiger partial charge is 0.439 e. The molecular formula is C20H25N3O3. The van der Waals surface area contributed by atoms with Gasteiger partial charge in [0.15, 0.2) is 5.82 Å². The second-order valence-corrected chi connectivity index (χ2v) is 7.73. The first-order valence-corrected chi connectivity index (χ1v) is 9.61. The number of aromatic nitrogens is 2. The molecule has 1 aromatic heterocycles. The van der Waals surface area contributed by atoms with Crippen molar-refractivity contribution >= 4 is 5.91 Å². The van der Waals surface area contributed by atoms with Gasteiger partial charge in [-0.15, -0.1) is 0 Å². The summed E-state index contributed by atoms with van der Waals surface area (Å²) in [5.74, 6) is -0.109. The molecule has 0 bridgehead atoms. The number of rotatable bonds is 2. The van der Waals surface area contributed by atoms with Crippen molar-refractivity contribution in [2.75, 3.05) is 13.1 Å². The number of amides is 1. The molecule has 2 fully saturated rings. The molecule has 0 unspecified atom stereocenters. The van der Waals surface area contributed by atoms with Crippen molar-refractivity contribution in [3.8, 4) is 11.4 Å². The molecule has 2 aromatic rings. The van der Waals surface area contributed by atoms with Crippen molar-refractivity contribution in [3.63, 3.8) is 0 Å². The highest BCUT2D eigenvalue weighted by Gasteiger charge is 2.34. The second kappa shape index (κ2) is 7.09. The van der Waals surface area contributed by atoms with Gasteiger partial charge in [-0.3, -0.25) is 14.3 Å². The molecule has 6 heteroatoms. The third-order valence-corrected chi connectivity index (χ3v) is 6.09. The summed E-state index contributed by atoms with van der Waals surface area (Å²) in [6.45, 7) is 1.70. The smallest absolute Gasteiger partial charge is 0.339 e. The Morgan fingerprint density at radius 2 is 1.73 bits per heavy atom. The van der Waals surface area contributed by atoms with Gasteiger partial charge in [-0.1, -0.05) is 36.6 Å². The fourth-order valence-corrected chi connectivity index (χ4v) is 4.57. The number of aromatic amines is 1. The fraction of sp³-hybridized carbons (Fsp3) is 0.550. The zero-order chi connectivity index (χ0) is 18.0. The topological polar surface area (TPSA) is 79.2 Å². The Balaban J connectivity index is 1.44. The van der Waals surface area contributed by atoms with Crippen molar-refractivity contribution in [2.24, 2.45) is 5.41 Å². The minimum Gasteiger partial charge on any atom is -0.339 e. The van der Waals surface area contributed by atoms with Crippen LogP contribution in [0.25, 0.3) is 11.4 Å². The van der Waals surface area contributed by atoms with Crippen molar-refractivity contribution in [3.05, 3.63) is 40.4 Å². The number of H-pyrrole nitrogens is 1. The van der Waals surface area contributed by atoms with Crippen LogP contribution in [0.4, 0.5) is 0 Å². The van der Waals surface area contributed by atoms with E-state index in [9.17, 15) is 9.59 Å². The molecule has 1 aromatic carbocycles. The van der Waals surface area contributed by atoms with Crippen LogP contribution in [-0.2, 0) is 0 Å². The van der Waals surface area contributed by atoms with Gasteiger partial charge in [0.05, 0.1) is 0 Å². The number of nitrogens with zero attached hydrogens (tertiary/aromatic N) is 2. The van der Waals surface area contributed by atoms with Crippen LogP contribution >= 0.6 is 0 Å². The Morgan fingerprint density at radius 1 is 1.00 bits per heavy atom. The quantitative estimate of drug-likeness (QED) is 0.892. The summed E-state index contributed by atoms with van der Waals surface area (Å²) in [7, 11) is 0. The summed E-state index contributed by atoms with van der Waals surface area (Å²) in [6, 6.07) is 7.18. The van der Waals surface area contributed by atoms with Crippen molar-refractivity contribution in [2.45, 2.75) is 51.4 Å². The van der Waals surface area contributed by atoms with E-state index in [1.807, 2.05) is 4.90 Å². The van der Waals surface area contributed by atoms with Gasteiger partial charge in [0.25, 0.3) is 5.91 Å². The van der Waals surface area contributed by atoms with Crippen LogP contribution in [0.5, 0.6) is 0 Å². The van der Waals surface area contributed by atoms with Gasteiger partial charge in [-0.05, 0) is 49.7 Å². The molecule has 1 spiro atoms. The van der Waals surface area contributed by atoms with E-state index < -0.39 is 5.76 Å². The lowest BCUT2D eigenvalue weighted by Crippen LogP contribution is -2.33. The van der Waals surface area contributed by atoms with E-state index in [1.165, 1.54) is 38.5 Å². The van der Waals surface area contributed by atoms with E-state index in [2.05, 4.69) is 14.7 Å². The molecular weight excluding hydrogens is 330 g/mol. The van der Waals surface area contributed by atoms with Gasteiger partial charge in [0.1, 0.15) is 0 Å². The number of benzene rings is 1. The van der Waals surface area contributed by atoms with Crippen LogP contribution in [0.15, 0.2) is 33.6 Å². The predicted octanol–water partition coefficient (Wildman–Crippen LogP) is 3.61. The summed E-state index contributed by atoms with van der Waals surface area (Å²) < 4.78 is 4.52. The molecule has 6 nitrogen and oxygen atoms in total. The van der Waals surface area contributed by atoms with Crippen molar-refractivity contribution in [1.82, 2.24) is 15.0 Å². The SMILES string of the molecule is O=C(c1ccc(-c2noc(=O)[nH]2)cc1)N1CCCC2(CCCCC2)CC1. The van der Waals surface area contributed by atoms with E-state index in [1.54, 1.807) is 24.3 Å². The highest BCUT2D eigenvalue weighted by molar-refractivity contribution is 5.94. The standard InChI is InChI=1S/C20H25N3O3/c24-18(16-7-5-15(6-8-16)17-21-19(25)26-22-17)23-13-4-11-20(12-14-23)9-2-1-3-10-20/h5-8H,1-4,9-14H2,(H,21,22,25). The summed E-state index contributed by atoms with van der Waals surface area (Å²) >= 11 is 0. The summed E-state index contributed by atoms with van der Waals surface area (Å²) in [5.41, 5.74) is 1.89. The highest BCUT2D eigenvalue weighted by atomic mass is 16.5. The van der Waals surface area contributed by atoms with Crippen LogP contribution in [0, 0.1) is 5.41 Å². The zero-order valence-corrected chi connectivity index (χ0v) is 15.0. The average molecular weight is 355 g/mol. The number of hydrogen-bond donors (Lipinski definition) is 1. The van der Waals surface area contributed by atoms with E-state index in [0.29, 0.717) is 16.8 Å². The van der Waals surface area contributed by atoms with Crippen LogP contribution < -0.4 is 5.76 Å². The Morgan fingerprint density at radius 3 is 2.42 bits per heavy atom. The summed E-state index contributed by atoms with van der Waals surface area (Å²) in [5, 5.41) is 3.67. The van der Waals surface area contributed by atoms with Crippen LogP contribution in [0.2, 0.25) is 0 Å². The molecule has 1 aliphatic heterocycles. The Kier molecular flexibility index (Phi) is 4.66. The number of hydrogen-bond acceptors (Lipinski definition) is 4. The maximum atomic E-state index is 12.9. The lowest BCUT2D eigenvalue weighted by Gasteiger charge is -2.36. The number of nitrogens with one attached hydrogen (secondary N) is 1. The second-order valence-electron chi connectivity index (χ2n) is 7.73.